The third-order valence-electron chi connectivity index (χ3n) is 4.31. The SMILES string of the molecule is CCOc1ccc(-c2nnc(SCC(=O)N3CCC[C@H](C(N)=O)C3)o2)cc1. The Morgan fingerprint density at radius 3 is 2.81 bits per heavy atom. The molecule has 0 unspecified atom stereocenters. The molecule has 2 amide bonds. The molecule has 2 aromatic rings. The summed E-state index contributed by atoms with van der Waals surface area (Å²) in [6, 6.07) is 7.36. The number of carbonyl (C=O) groups is 2. The quantitative estimate of drug-likeness (QED) is 0.719. The van der Waals surface area contributed by atoms with Crippen molar-refractivity contribution in [1.29, 1.82) is 0 Å². The molecule has 1 aliphatic heterocycles. The standard InChI is InChI=1S/C18H22N4O4S/c1-2-25-14-7-5-12(6-8-14)17-20-21-18(26-17)27-11-15(23)22-9-3-4-13(10-22)16(19)24/h5-8,13H,2-4,9-11H2,1H3,(H2,19,24)/t13-/m0/s1. The molecule has 1 fully saturated rings. The van der Waals surface area contributed by atoms with Crippen LogP contribution in [0.15, 0.2) is 33.9 Å². The first-order valence-corrected chi connectivity index (χ1v) is 9.82. The molecule has 1 aromatic heterocycles. The van der Waals surface area contributed by atoms with E-state index in [1.165, 1.54) is 11.8 Å². The van der Waals surface area contributed by atoms with Gasteiger partial charge in [0.1, 0.15) is 5.75 Å². The lowest BCUT2D eigenvalue weighted by Crippen LogP contribution is -2.44. The summed E-state index contributed by atoms with van der Waals surface area (Å²) in [6.07, 6.45) is 1.52. The highest BCUT2D eigenvalue weighted by atomic mass is 32.2. The fraction of sp³-hybridized carbons (Fsp3) is 0.444. The topological polar surface area (TPSA) is 112 Å². The summed E-state index contributed by atoms with van der Waals surface area (Å²) < 4.78 is 11.0. The summed E-state index contributed by atoms with van der Waals surface area (Å²) in [5.74, 6) is 0.666. The normalized spacial score (nSPS) is 16.9. The molecule has 1 atom stereocenters. The molecule has 1 saturated heterocycles. The minimum Gasteiger partial charge on any atom is -0.494 e. The number of benzene rings is 1. The Kier molecular flexibility index (Phi) is 6.33. The Hall–Kier alpha value is -2.55. The summed E-state index contributed by atoms with van der Waals surface area (Å²) in [6.45, 7) is 3.56. The second-order valence-electron chi connectivity index (χ2n) is 6.20. The number of likely N-dealkylation sites (tertiary alicyclic amines) is 1. The van der Waals surface area contributed by atoms with Crippen molar-refractivity contribution in [3.8, 4) is 17.2 Å². The van der Waals surface area contributed by atoms with Crippen molar-refractivity contribution in [2.24, 2.45) is 11.7 Å². The second-order valence-corrected chi connectivity index (χ2v) is 7.13. The molecule has 0 radical (unpaired) electrons. The zero-order valence-corrected chi connectivity index (χ0v) is 15.9. The molecule has 3 rings (SSSR count). The van der Waals surface area contributed by atoms with Gasteiger partial charge in [0.15, 0.2) is 0 Å². The average molecular weight is 390 g/mol. The predicted octanol–water partition coefficient (Wildman–Crippen LogP) is 1.95. The Bertz CT molecular complexity index is 793. The highest BCUT2D eigenvalue weighted by molar-refractivity contribution is 7.99. The molecule has 0 spiro atoms. The van der Waals surface area contributed by atoms with Gasteiger partial charge in [0.05, 0.1) is 18.3 Å². The fourth-order valence-electron chi connectivity index (χ4n) is 2.90. The van der Waals surface area contributed by atoms with Crippen LogP contribution in [0.4, 0.5) is 0 Å². The summed E-state index contributed by atoms with van der Waals surface area (Å²) in [5.41, 5.74) is 6.14. The molecule has 8 nitrogen and oxygen atoms in total. The molecule has 2 heterocycles. The Balaban J connectivity index is 1.54. The van der Waals surface area contributed by atoms with Gasteiger partial charge in [-0.15, -0.1) is 10.2 Å². The number of carbonyl (C=O) groups excluding carboxylic acids is 2. The maximum Gasteiger partial charge on any atom is 0.277 e. The van der Waals surface area contributed by atoms with Crippen LogP contribution in [0.1, 0.15) is 19.8 Å². The maximum atomic E-state index is 12.4. The maximum absolute atomic E-state index is 12.4. The molecule has 1 aliphatic rings. The number of aromatic nitrogens is 2. The Labute approximate surface area is 161 Å². The van der Waals surface area contributed by atoms with Crippen molar-refractivity contribution in [2.45, 2.75) is 25.0 Å². The van der Waals surface area contributed by atoms with E-state index in [-0.39, 0.29) is 23.5 Å². The van der Waals surface area contributed by atoms with E-state index in [0.717, 1.165) is 24.2 Å². The van der Waals surface area contributed by atoms with E-state index in [1.807, 2.05) is 31.2 Å². The van der Waals surface area contributed by atoms with E-state index >= 15 is 0 Å². The molecule has 2 N–H and O–H groups in total. The van der Waals surface area contributed by atoms with E-state index in [2.05, 4.69) is 10.2 Å². The summed E-state index contributed by atoms with van der Waals surface area (Å²) in [7, 11) is 0. The number of amides is 2. The van der Waals surface area contributed by atoms with Gasteiger partial charge in [-0.05, 0) is 44.0 Å². The van der Waals surface area contributed by atoms with Crippen molar-refractivity contribution < 1.29 is 18.7 Å². The van der Waals surface area contributed by atoms with Gasteiger partial charge in [0.25, 0.3) is 5.22 Å². The van der Waals surface area contributed by atoms with Gasteiger partial charge >= 0.3 is 0 Å². The highest BCUT2D eigenvalue weighted by Crippen LogP contribution is 2.25. The highest BCUT2D eigenvalue weighted by Gasteiger charge is 2.27. The van der Waals surface area contributed by atoms with Crippen LogP contribution in [0.2, 0.25) is 0 Å². The minimum absolute atomic E-state index is 0.0632. The Morgan fingerprint density at radius 1 is 1.33 bits per heavy atom. The van der Waals surface area contributed by atoms with Crippen molar-refractivity contribution in [3.05, 3.63) is 24.3 Å². The van der Waals surface area contributed by atoms with Gasteiger partial charge in [-0.3, -0.25) is 9.59 Å². The number of thioether (sulfide) groups is 1. The van der Waals surface area contributed by atoms with Gasteiger partial charge in [0.2, 0.25) is 17.7 Å². The molecule has 9 heteroatoms. The van der Waals surface area contributed by atoms with Gasteiger partial charge in [0, 0.05) is 18.7 Å². The van der Waals surface area contributed by atoms with E-state index in [4.69, 9.17) is 14.9 Å². The van der Waals surface area contributed by atoms with Crippen LogP contribution < -0.4 is 10.5 Å². The van der Waals surface area contributed by atoms with Gasteiger partial charge < -0.3 is 19.8 Å². The number of nitrogens with two attached hydrogens (primary N) is 1. The van der Waals surface area contributed by atoms with Crippen LogP contribution in [0, 0.1) is 5.92 Å². The third kappa shape index (κ3) is 5.00. The molecule has 1 aromatic carbocycles. The largest absolute Gasteiger partial charge is 0.494 e. The first kappa shape index (κ1) is 19.2. The van der Waals surface area contributed by atoms with Crippen molar-refractivity contribution in [3.63, 3.8) is 0 Å². The van der Waals surface area contributed by atoms with Crippen LogP contribution in [0.25, 0.3) is 11.5 Å². The number of piperidine rings is 1. The van der Waals surface area contributed by atoms with Gasteiger partial charge in [-0.2, -0.15) is 0 Å². The lowest BCUT2D eigenvalue weighted by Gasteiger charge is -2.31. The van der Waals surface area contributed by atoms with E-state index in [0.29, 0.717) is 30.8 Å². The lowest BCUT2D eigenvalue weighted by atomic mass is 9.97. The second kappa shape index (κ2) is 8.90. The number of hydrogen-bond acceptors (Lipinski definition) is 7. The van der Waals surface area contributed by atoms with Crippen LogP contribution >= 0.6 is 11.8 Å². The predicted molar refractivity (Wildman–Crippen MR) is 100 cm³/mol. The molecule has 0 bridgehead atoms. The molecule has 0 saturated carbocycles. The lowest BCUT2D eigenvalue weighted by molar-refractivity contribution is -0.132. The number of nitrogens with zero attached hydrogens (tertiary/aromatic N) is 3. The summed E-state index contributed by atoms with van der Waals surface area (Å²) >= 11 is 1.19. The van der Waals surface area contributed by atoms with Crippen molar-refractivity contribution >= 4 is 23.6 Å². The minimum atomic E-state index is -0.350. The van der Waals surface area contributed by atoms with Gasteiger partial charge in [-0.25, -0.2) is 0 Å². The molecule has 144 valence electrons. The van der Waals surface area contributed by atoms with E-state index in [1.54, 1.807) is 4.90 Å². The molecular weight excluding hydrogens is 368 g/mol. The number of rotatable bonds is 7. The van der Waals surface area contributed by atoms with Crippen LogP contribution in [-0.2, 0) is 9.59 Å². The summed E-state index contributed by atoms with van der Waals surface area (Å²) in [4.78, 5) is 25.4. The molecule has 27 heavy (non-hydrogen) atoms. The monoisotopic (exact) mass is 390 g/mol. The van der Waals surface area contributed by atoms with Crippen molar-refractivity contribution in [1.82, 2.24) is 15.1 Å². The zero-order valence-electron chi connectivity index (χ0n) is 15.1. The van der Waals surface area contributed by atoms with Crippen LogP contribution in [0.3, 0.4) is 0 Å². The smallest absolute Gasteiger partial charge is 0.277 e. The molecular formula is C18H22N4O4S. The number of primary amides is 1. The Morgan fingerprint density at radius 2 is 2.11 bits per heavy atom. The molecule has 0 aliphatic carbocycles. The fourth-order valence-corrected chi connectivity index (χ4v) is 3.56. The van der Waals surface area contributed by atoms with Crippen LogP contribution in [-0.4, -0.2) is 52.4 Å². The third-order valence-corrected chi connectivity index (χ3v) is 5.12. The number of ether oxygens (including phenoxy) is 1. The first-order chi connectivity index (χ1) is 13.1. The van der Waals surface area contributed by atoms with E-state index in [9.17, 15) is 9.59 Å². The van der Waals surface area contributed by atoms with Crippen LogP contribution in [0.5, 0.6) is 5.75 Å². The zero-order chi connectivity index (χ0) is 19.2. The summed E-state index contributed by atoms with van der Waals surface area (Å²) in [5, 5.41) is 8.33. The van der Waals surface area contributed by atoms with Crippen molar-refractivity contribution in [2.75, 3.05) is 25.4 Å². The number of hydrogen-bond donors (Lipinski definition) is 1. The van der Waals surface area contributed by atoms with Gasteiger partial charge in [-0.1, -0.05) is 11.8 Å². The average Bonchev–Trinajstić information content (AvgIpc) is 3.16. The van der Waals surface area contributed by atoms with E-state index < -0.39 is 0 Å². The first-order valence-electron chi connectivity index (χ1n) is 8.83.